The summed E-state index contributed by atoms with van der Waals surface area (Å²) < 4.78 is 0. The van der Waals surface area contributed by atoms with Crippen LogP contribution in [0, 0.1) is 5.92 Å². The molecular formula is C15H22N2O2. The van der Waals surface area contributed by atoms with Gasteiger partial charge in [0.15, 0.2) is 0 Å². The van der Waals surface area contributed by atoms with E-state index in [1.54, 1.807) is 4.90 Å². The van der Waals surface area contributed by atoms with Crippen LogP contribution in [-0.2, 0) is 4.79 Å². The van der Waals surface area contributed by atoms with Crippen LogP contribution in [0.5, 0.6) is 0 Å². The summed E-state index contributed by atoms with van der Waals surface area (Å²) in [7, 11) is 0. The van der Waals surface area contributed by atoms with Crippen LogP contribution in [0.1, 0.15) is 31.4 Å². The number of rotatable bonds is 3. The summed E-state index contributed by atoms with van der Waals surface area (Å²) >= 11 is 0. The lowest BCUT2D eigenvalue weighted by Gasteiger charge is -2.33. The first-order valence-corrected chi connectivity index (χ1v) is 6.87. The fourth-order valence-corrected chi connectivity index (χ4v) is 2.56. The van der Waals surface area contributed by atoms with Crippen molar-refractivity contribution in [1.82, 2.24) is 4.90 Å². The van der Waals surface area contributed by atoms with E-state index in [-0.39, 0.29) is 17.9 Å². The third kappa shape index (κ3) is 3.33. The first-order valence-electron chi connectivity index (χ1n) is 6.87. The highest BCUT2D eigenvalue weighted by Crippen LogP contribution is 2.22. The zero-order chi connectivity index (χ0) is 13.8. The van der Waals surface area contributed by atoms with Gasteiger partial charge in [-0.3, -0.25) is 4.79 Å². The number of hydrogen-bond donors (Lipinski definition) is 2. The van der Waals surface area contributed by atoms with Crippen LogP contribution in [0.15, 0.2) is 30.3 Å². The van der Waals surface area contributed by atoms with Gasteiger partial charge in [0.2, 0.25) is 5.91 Å². The van der Waals surface area contributed by atoms with E-state index >= 15 is 0 Å². The van der Waals surface area contributed by atoms with Crippen LogP contribution in [0.2, 0.25) is 0 Å². The van der Waals surface area contributed by atoms with Crippen LogP contribution in [0.25, 0.3) is 0 Å². The first kappa shape index (κ1) is 14.0. The van der Waals surface area contributed by atoms with Gasteiger partial charge in [-0.05, 0) is 18.4 Å². The Labute approximate surface area is 114 Å². The molecule has 1 aromatic carbocycles. The standard InChI is InChI=1S/C15H22N2O2/c1-11(14(16)12-6-3-2-4-7-12)15(19)17-9-5-8-13(18)10-17/h2-4,6-7,11,13-14,18H,5,8-10,16H2,1H3. The molecule has 4 heteroatoms. The van der Waals surface area contributed by atoms with Crippen LogP contribution in [0.4, 0.5) is 0 Å². The number of likely N-dealkylation sites (tertiary alicyclic amines) is 1. The summed E-state index contributed by atoms with van der Waals surface area (Å²) in [5.74, 6) is -0.234. The molecule has 19 heavy (non-hydrogen) atoms. The summed E-state index contributed by atoms with van der Waals surface area (Å²) in [5.41, 5.74) is 7.14. The van der Waals surface area contributed by atoms with Gasteiger partial charge in [0.25, 0.3) is 0 Å². The van der Waals surface area contributed by atoms with Gasteiger partial charge in [0.1, 0.15) is 0 Å². The van der Waals surface area contributed by atoms with E-state index in [1.807, 2.05) is 37.3 Å². The van der Waals surface area contributed by atoms with E-state index in [0.29, 0.717) is 6.54 Å². The molecule has 3 N–H and O–H groups in total. The molecular weight excluding hydrogens is 240 g/mol. The van der Waals surface area contributed by atoms with Gasteiger partial charge in [-0.1, -0.05) is 37.3 Å². The zero-order valence-electron chi connectivity index (χ0n) is 11.3. The Morgan fingerprint density at radius 3 is 2.74 bits per heavy atom. The van der Waals surface area contributed by atoms with E-state index in [9.17, 15) is 9.90 Å². The molecule has 3 unspecified atom stereocenters. The third-order valence-electron chi connectivity index (χ3n) is 3.82. The average Bonchev–Trinajstić information content (AvgIpc) is 2.46. The minimum absolute atomic E-state index is 0.0371. The quantitative estimate of drug-likeness (QED) is 0.863. The van der Waals surface area contributed by atoms with Crippen LogP contribution < -0.4 is 5.73 Å². The molecule has 1 amide bonds. The number of benzene rings is 1. The summed E-state index contributed by atoms with van der Waals surface area (Å²) in [5, 5.41) is 9.64. The molecule has 0 bridgehead atoms. The van der Waals surface area contributed by atoms with E-state index < -0.39 is 6.10 Å². The van der Waals surface area contributed by atoms with E-state index in [4.69, 9.17) is 5.73 Å². The molecule has 1 aliphatic rings. The predicted octanol–water partition coefficient (Wildman–Crippen LogP) is 1.31. The Balaban J connectivity index is 2.02. The van der Waals surface area contributed by atoms with Crippen molar-refractivity contribution in [3.8, 4) is 0 Å². The molecule has 1 aromatic rings. The predicted molar refractivity (Wildman–Crippen MR) is 74.4 cm³/mol. The van der Waals surface area contributed by atoms with Crippen molar-refractivity contribution in [3.05, 3.63) is 35.9 Å². The Hall–Kier alpha value is -1.39. The van der Waals surface area contributed by atoms with Gasteiger partial charge >= 0.3 is 0 Å². The molecule has 1 aliphatic heterocycles. The molecule has 0 saturated carbocycles. The van der Waals surface area contributed by atoms with Crippen molar-refractivity contribution in [2.45, 2.75) is 31.9 Å². The van der Waals surface area contributed by atoms with Crippen molar-refractivity contribution < 1.29 is 9.90 Å². The molecule has 1 heterocycles. The second-order valence-corrected chi connectivity index (χ2v) is 5.31. The van der Waals surface area contributed by atoms with Crippen molar-refractivity contribution >= 4 is 5.91 Å². The summed E-state index contributed by atoms with van der Waals surface area (Å²) in [6, 6.07) is 9.38. The molecule has 0 aliphatic carbocycles. The molecule has 4 nitrogen and oxygen atoms in total. The number of β-amino-alcohol motifs (C(OH)–C–C–N with tert-alkyl or cyclic N) is 1. The molecule has 1 fully saturated rings. The molecule has 0 radical (unpaired) electrons. The van der Waals surface area contributed by atoms with Crippen LogP contribution >= 0.6 is 0 Å². The number of amides is 1. The number of hydrogen-bond acceptors (Lipinski definition) is 3. The van der Waals surface area contributed by atoms with Gasteiger partial charge in [0.05, 0.1) is 12.0 Å². The molecule has 104 valence electrons. The molecule has 0 aromatic heterocycles. The van der Waals surface area contributed by atoms with Crippen molar-refractivity contribution in [3.63, 3.8) is 0 Å². The van der Waals surface area contributed by atoms with Crippen LogP contribution in [0.3, 0.4) is 0 Å². The number of aliphatic hydroxyl groups is 1. The van der Waals surface area contributed by atoms with E-state index in [1.165, 1.54) is 0 Å². The minimum atomic E-state index is -0.391. The zero-order valence-corrected chi connectivity index (χ0v) is 11.3. The maximum atomic E-state index is 12.4. The minimum Gasteiger partial charge on any atom is -0.391 e. The van der Waals surface area contributed by atoms with E-state index in [2.05, 4.69) is 0 Å². The van der Waals surface area contributed by atoms with Gasteiger partial charge < -0.3 is 15.7 Å². The number of nitrogens with two attached hydrogens (primary N) is 1. The Bertz CT molecular complexity index is 421. The molecule has 2 rings (SSSR count). The average molecular weight is 262 g/mol. The summed E-state index contributed by atoms with van der Waals surface area (Å²) in [4.78, 5) is 14.1. The Kier molecular flexibility index (Phi) is 4.56. The second-order valence-electron chi connectivity index (χ2n) is 5.31. The van der Waals surface area contributed by atoms with Crippen molar-refractivity contribution in [1.29, 1.82) is 0 Å². The molecule has 1 saturated heterocycles. The fraction of sp³-hybridized carbons (Fsp3) is 0.533. The lowest BCUT2D eigenvalue weighted by atomic mass is 9.93. The number of piperidine rings is 1. The molecule has 3 atom stereocenters. The fourth-order valence-electron chi connectivity index (χ4n) is 2.56. The van der Waals surface area contributed by atoms with Gasteiger partial charge in [-0.25, -0.2) is 0 Å². The maximum Gasteiger partial charge on any atom is 0.227 e. The third-order valence-corrected chi connectivity index (χ3v) is 3.82. The van der Waals surface area contributed by atoms with Gasteiger partial charge in [-0.2, -0.15) is 0 Å². The summed E-state index contributed by atoms with van der Waals surface area (Å²) in [6.07, 6.45) is 1.25. The normalized spacial score (nSPS) is 22.9. The van der Waals surface area contributed by atoms with Gasteiger partial charge in [0, 0.05) is 19.1 Å². The Morgan fingerprint density at radius 1 is 1.42 bits per heavy atom. The van der Waals surface area contributed by atoms with Crippen molar-refractivity contribution in [2.75, 3.05) is 13.1 Å². The Morgan fingerprint density at radius 2 is 2.11 bits per heavy atom. The number of aliphatic hydroxyl groups excluding tert-OH is 1. The number of carbonyl (C=O) groups is 1. The monoisotopic (exact) mass is 262 g/mol. The maximum absolute atomic E-state index is 12.4. The smallest absolute Gasteiger partial charge is 0.227 e. The second kappa shape index (κ2) is 6.17. The SMILES string of the molecule is CC(C(=O)N1CCCC(O)C1)C(N)c1ccccc1. The first-order chi connectivity index (χ1) is 9.09. The highest BCUT2D eigenvalue weighted by atomic mass is 16.3. The largest absolute Gasteiger partial charge is 0.391 e. The summed E-state index contributed by atoms with van der Waals surface area (Å²) in [6.45, 7) is 3.02. The van der Waals surface area contributed by atoms with Crippen LogP contribution in [-0.4, -0.2) is 35.1 Å². The number of nitrogens with zero attached hydrogens (tertiary/aromatic N) is 1. The molecule has 0 spiro atoms. The topological polar surface area (TPSA) is 66.6 Å². The lowest BCUT2D eigenvalue weighted by molar-refractivity contribution is -0.138. The highest BCUT2D eigenvalue weighted by molar-refractivity contribution is 5.79. The van der Waals surface area contributed by atoms with E-state index in [0.717, 1.165) is 24.9 Å². The van der Waals surface area contributed by atoms with Crippen molar-refractivity contribution in [2.24, 2.45) is 11.7 Å². The highest BCUT2D eigenvalue weighted by Gasteiger charge is 2.29. The number of carbonyl (C=O) groups excluding carboxylic acids is 1. The van der Waals surface area contributed by atoms with Gasteiger partial charge in [-0.15, -0.1) is 0 Å². The lowest BCUT2D eigenvalue weighted by Crippen LogP contribution is -2.46.